The molecule has 0 bridgehead atoms. The van der Waals surface area contributed by atoms with Crippen molar-refractivity contribution < 1.29 is 19.1 Å². The molecular weight excluding hydrogens is 420 g/mol. The smallest absolute Gasteiger partial charge is 0.305 e. The Balaban J connectivity index is 4.63. The fourth-order valence-corrected chi connectivity index (χ4v) is 2.04. The van der Waals surface area contributed by atoms with Gasteiger partial charge in [0.25, 0.3) is 0 Å². The van der Waals surface area contributed by atoms with Gasteiger partial charge in [-0.25, -0.2) is 0 Å². The van der Waals surface area contributed by atoms with E-state index in [4.69, 9.17) is 20.5 Å². The highest BCUT2D eigenvalue weighted by Gasteiger charge is 2.29. The molecule has 14 heteroatoms. The van der Waals surface area contributed by atoms with E-state index in [0.29, 0.717) is 12.8 Å². The van der Waals surface area contributed by atoms with Gasteiger partial charge in [-0.15, -0.1) is 0 Å². The van der Waals surface area contributed by atoms with Crippen LogP contribution in [0.2, 0.25) is 0 Å². The van der Waals surface area contributed by atoms with Crippen LogP contribution in [0.1, 0.15) is 52.4 Å². The summed E-state index contributed by atoms with van der Waals surface area (Å²) in [7, 11) is 0. The summed E-state index contributed by atoms with van der Waals surface area (Å²) in [5.74, 6) is -1.07. The van der Waals surface area contributed by atoms with E-state index in [1.807, 2.05) is 12.1 Å². The fourth-order valence-electron chi connectivity index (χ4n) is 2.04. The lowest BCUT2D eigenvalue weighted by atomic mass is 9.97. The maximum Gasteiger partial charge on any atom is 0.305 e. The van der Waals surface area contributed by atoms with Crippen LogP contribution in [0.4, 0.5) is 0 Å². The predicted octanol–water partition coefficient (Wildman–Crippen LogP) is 4.05. The average Bonchev–Trinajstić information content (AvgIpc) is 2.80. The van der Waals surface area contributed by atoms with Gasteiger partial charge in [-0.05, 0) is 50.6 Å². The van der Waals surface area contributed by atoms with Gasteiger partial charge in [-0.3, -0.25) is 9.59 Å². The lowest BCUT2D eigenvalue weighted by Gasteiger charge is -2.19. The number of hydrogen-bond donors (Lipinski definition) is 0. The number of azo groups is 1. The summed E-state index contributed by atoms with van der Waals surface area (Å²) in [6.45, 7) is 3.56. The first-order valence-electron chi connectivity index (χ1n) is 9.83. The van der Waals surface area contributed by atoms with Gasteiger partial charge < -0.3 is 9.47 Å². The molecule has 172 valence electrons. The molecule has 0 fully saturated rings. The van der Waals surface area contributed by atoms with Crippen molar-refractivity contribution in [2.45, 2.75) is 63.5 Å². The molecule has 2 atom stereocenters. The van der Waals surface area contributed by atoms with Crippen LogP contribution in [-0.4, -0.2) is 49.3 Å². The van der Waals surface area contributed by atoms with Crippen molar-refractivity contribution in [3.63, 3.8) is 0 Å². The van der Waals surface area contributed by atoms with Crippen molar-refractivity contribution in [3.8, 4) is 12.1 Å². The van der Waals surface area contributed by atoms with Crippen molar-refractivity contribution in [2.24, 2.45) is 20.5 Å². The SMILES string of the molecule is CC(C#N)(CCC(=O)OCCCN=[N+]=[N-])/N=N/C(C)(C#N)CCC(=O)OCCCN=[N+]=[N-]. The van der Waals surface area contributed by atoms with E-state index in [9.17, 15) is 20.1 Å². The average molecular weight is 446 g/mol. The molecular formula is C18H26N10O4. The fraction of sp³-hybridized carbons (Fsp3) is 0.778. The third-order valence-electron chi connectivity index (χ3n) is 4.06. The van der Waals surface area contributed by atoms with E-state index >= 15 is 0 Å². The van der Waals surface area contributed by atoms with E-state index in [1.54, 1.807) is 0 Å². The molecule has 0 N–H and O–H groups in total. The van der Waals surface area contributed by atoms with Crippen molar-refractivity contribution in [1.82, 2.24) is 0 Å². The lowest BCUT2D eigenvalue weighted by molar-refractivity contribution is -0.145. The normalized spacial score (nSPS) is 13.9. The summed E-state index contributed by atoms with van der Waals surface area (Å²) < 4.78 is 9.97. The zero-order valence-electron chi connectivity index (χ0n) is 18.2. The topological polar surface area (TPSA) is 222 Å². The monoisotopic (exact) mass is 446 g/mol. The Morgan fingerprint density at radius 1 is 0.844 bits per heavy atom. The zero-order chi connectivity index (χ0) is 24.3. The highest BCUT2D eigenvalue weighted by Crippen LogP contribution is 2.23. The minimum absolute atomic E-state index is 0.0247. The molecule has 0 aromatic heterocycles. The summed E-state index contributed by atoms with van der Waals surface area (Å²) in [6.07, 6.45) is 0.656. The molecule has 0 aromatic carbocycles. The van der Waals surface area contributed by atoms with Gasteiger partial charge in [0, 0.05) is 35.8 Å². The van der Waals surface area contributed by atoms with Crippen LogP contribution in [-0.2, 0) is 19.1 Å². The van der Waals surface area contributed by atoms with Crippen molar-refractivity contribution in [1.29, 1.82) is 10.5 Å². The predicted molar refractivity (Wildman–Crippen MR) is 111 cm³/mol. The number of carbonyl (C=O) groups is 2. The molecule has 0 heterocycles. The van der Waals surface area contributed by atoms with E-state index in [2.05, 4.69) is 30.3 Å². The summed E-state index contributed by atoms with van der Waals surface area (Å²) in [5.41, 5.74) is 13.6. The molecule has 32 heavy (non-hydrogen) atoms. The number of ether oxygens (including phenoxy) is 2. The molecule has 0 spiro atoms. The van der Waals surface area contributed by atoms with Crippen molar-refractivity contribution in [2.75, 3.05) is 26.3 Å². The van der Waals surface area contributed by atoms with Crippen LogP contribution in [0, 0.1) is 22.7 Å². The molecule has 0 aliphatic heterocycles. The molecule has 0 aromatic rings. The van der Waals surface area contributed by atoms with Gasteiger partial charge in [0.15, 0.2) is 11.1 Å². The molecule has 0 aliphatic carbocycles. The number of rotatable bonds is 16. The first-order chi connectivity index (χ1) is 15.2. The Hall–Kier alpha value is -3.86. The number of esters is 2. The zero-order valence-corrected chi connectivity index (χ0v) is 18.2. The van der Waals surface area contributed by atoms with Crippen LogP contribution in [0.3, 0.4) is 0 Å². The third-order valence-corrected chi connectivity index (χ3v) is 4.06. The second kappa shape index (κ2) is 15.9. The summed E-state index contributed by atoms with van der Waals surface area (Å²) in [5, 5.41) is 33.4. The van der Waals surface area contributed by atoms with Crippen LogP contribution < -0.4 is 0 Å². The van der Waals surface area contributed by atoms with Gasteiger partial charge >= 0.3 is 11.9 Å². The quantitative estimate of drug-likeness (QED) is 0.112. The molecule has 0 saturated heterocycles. The van der Waals surface area contributed by atoms with Gasteiger partial charge in [0.2, 0.25) is 0 Å². The van der Waals surface area contributed by atoms with Crippen molar-refractivity contribution in [3.05, 3.63) is 20.9 Å². The highest BCUT2D eigenvalue weighted by atomic mass is 16.5. The second-order valence-corrected chi connectivity index (χ2v) is 7.03. The number of nitrogens with zero attached hydrogens (tertiary/aromatic N) is 10. The third kappa shape index (κ3) is 13.4. The minimum Gasteiger partial charge on any atom is -0.466 e. The number of carbonyl (C=O) groups excluding carboxylic acids is 2. The van der Waals surface area contributed by atoms with Gasteiger partial charge in [0.05, 0.1) is 25.4 Å². The largest absolute Gasteiger partial charge is 0.466 e. The highest BCUT2D eigenvalue weighted by molar-refractivity contribution is 5.69. The van der Waals surface area contributed by atoms with E-state index < -0.39 is 23.0 Å². The first kappa shape index (κ1) is 28.1. The molecule has 0 rings (SSSR count). The summed E-state index contributed by atoms with van der Waals surface area (Å²) >= 11 is 0. The van der Waals surface area contributed by atoms with Gasteiger partial charge in [-0.2, -0.15) is 20.8 Å². The second-order valence-electron chi connectivity index (χ2n) is 7.03. The Kier molecular flexibility index (Phi) is 14.0. The number of nitriles is 2. The number of hydrogen-bond acceptors (Lipinski definition) is 10. The summed E-state index contributed by atoms with van der Waals surface area (Å²) in [4.78, 5) is 28.7. The van der Waals surface area contributed by atoms with Crippen LogP contribution >= 0.6 is 0 Å². The Morgan fingerprint density at radius 3 is 1.53 bits per heavy atom. The van der Waals surface area contributed by atoms with Crippen LogP contribution in [0.5, 0.6) is 0 Å². The molecule has 0 aliphatic rings. The van der Waals surface area contributed by atoms with E-state index in [0.717, 1.165) is 0 Å². The van der Waals surface area contributed by atoms with E-state index in [-0.39, 0.29) is 52.0 Å². The lowest BCUT2D eigenvalue weighted by Crippen LogP contribution is -2.25. The molecule has 0 amide bonds. The summed E-state index contributed by atoms with van der Waals surface area (Å²) in [6, 6.07) is 3.93. The first-order valence-corrected chi connectivity index (χ1v) is 9.83. The molecule has 0 saturated carbocycles. The standard InChI is InChI=1S/C18H26N10O4/c1-17(13-19,7-5-15(29)31-11-3-9-23-27-21)25-26-18(2,14-20)8-6-16(30)32-12-4-10-24-28-22/h3-12H2,1-2H3/b26-25+. The molecule has 14 nitrogen and oxygen atoms in total. The molecule has 0 radical (unpaired) electrons. The Morgan fingerprint density at radius 2 is 1.22 bits per heavy atom. The Labute approximate surface area is 185 Å². The van der Waals surface area contributed by atoms with Gasteiger partial charge in [0.1, 0.15) is 0 Å². The van der Waals surface area contributed by atoms with Crippen molar-refractivity contribution >= 4 is 11.9 Å². The van der Waals surface area contributed by atoms with E-state index in [1.165, 1.54) is 13.8 Å². The van der Waals surface area contributed by atoms with Crippen LogP contribution in [0.25, 0.3) is 20.9 Å². The maximum absolute atomic E-state index is 11.8. The van der Waals surface area contributed by atoms with Crippen LogP contribution in [0.15, 0.2) is 20.5 Å². The number of azide groups is 2. The maximum atomic E-state index is 11.8. The minimum atomic E-state index is -1.36. The Bertz CT molecular complexity index is 768. The molecule has 2 unspecified atom stereocenters. The van der Waals surface area contributed by atoms with Gasteiger partial charge in [-0.1, -0.05) is 10.2 Å².